The average Bonchev–Trinajstić information content (AvgIpc) is 2.84. The van der Waals surface area contributed by atoms with Crippen LogP contribution in [-0.4, -0.2) is 36.3 Å². The normalized spacial score (nSPS) is 17.6. The van der Waals surface area contributed by atoms with Gasteiger partial charge in [-0.2, -0.15) is 39.5 Å². The van der Waals surface area contributed by atoms with Crippen molar-refractivity contribution in [3.05, 3.63) is 64.0 Å². The molecule has 0 fully saturated rings. The smallest absolute Gasteiger partial charge is 0.419 e. The second-order valence-corrected chi connectivity index (χ2v) is 9.80. The Morgan fingerprint density at radius 1 is 0.929 bits per heavy atom. The van der Waals surface area contributed by atoms with Crippen molar-refractivity contribution >= 4 is 17.9 Å². The van der Waals surface area contributed by atoms with Crippen LogP contribution >= 0.6 is 0 Å². The largest absolute Gasteiger partial charge is 0.453 e. The Hall–Kier alpha value is -3.72. The highest BCUT2D eigenvalue weighted by molar-refractivity contribution is 5.91. The molecule has 2 aromatic carbocycles. The summed E-state index contributed by atoms with van der Waals surface area (Å²) in [6.45, 7) is 3.34. The highest BCUT2D eigenvalue weighted by Crippen LogP contribution is 2.46. The van der Waals surface area contributed by atoms with Gasteiger partial charge in [0, 0.05) is 18.2 Å². The summed E-state index contributed by atoms with van der Waals surface area (Å²) >= 11 is 0. The van der Waals surface area contributed by atoms with E-state index in [1.807, 2.05) is 0 Å². The van der Waals surface area contributed by atoms with Gasteiger partial charge in [-0.15, -0.1) is 0 Å². The van der Waals surface area contributed by atoms with Gasteiger partial charge in [0.05, 0.1) is 41.6 Å². The maximum Gasteiger partial charge on any atom is 0.419 e. The second-order valence-electron chi connectivity index (χ2n) is 9.80. The molecule has 0 saturated carbocycles. The third kappa shape index (κ3) is 7.01. The second kappa shape index (κ2) is 11.5. The Labute approximate surface area is 232 Å². The van der Waals surface area contributed by atoms with E-state index in [-0.39, 0.29) is 18.1 Å². The summed E-state index contributed by atoms with van der Waals surface area (Å²) < 4.78 is 146. The highest BCUT2D eigenvalue weighted by Gasteiger charge is 2.44. The van der Waals surface area contributed by atoms with Crippen LogP contribution in [0.2, 0.25) is 0 Å². The Balaban J connectivity index is 2.23. The number of carbonyl (C=O) groups is 2. The lowest BCUT2D eigenvalue weighted by Crippen LogP contribution is -2.48. The Kier molecular flexibility index (Phi) is 8.99. The number of ether oxygens (including phenoxy) is 2. The number of alkyl halides is 9. The Bertz CT molecular complexity index is 1310. The lowest BCUT2D eigenvalue weighted by atomic mass is 9.89. The molecule has 1 heterocycles. The maximum atomic E-state index is 14.8. The number of carbonyl (C=O) groups excluding carboxylic acids is 2. The minimum absolute atomic E-state index is 0.115. The Morgan fingerprint density at radius 2 is 1.48 bits per heavy atom. The molecule has 3 rings (SSSR count). The summed E-state index contributed by atoms with van der Waals surface area (Å²) in [4.78, 5) is 27.2. The number of hydrogen-bond acceptors (Lipinski definition) is 4. The molecule has 2 unspecified atom stereocenters. The molecule has 0 radical (unpaired) electrons. The number of methoxy groups -OCH3 is 1. The molecule has 6 nitrogen and oxygen atoms in total. The number of rotatable bonds is 4. The predicted octanol–water partition coefficient (Wildman–Crippen LogP) is 8.34. The first-order valence-electron chi connectivity index (χ1n) is 12.2. The van der Waals surface area contributed by atoms with Crippen LogP contribution < -0.4 is 4.90 Å². The van der Waals surface area contributed by atoms with Crippen LogP contribution in [0.5, 0.6) is 0 Å². The van der Waals surface area contributed by atoms with Crippen LogP contribution in [0.25, 0.3) is 0 Å². The monoisotopic (exact) mass is 618 g/mol. The summed E-state index contributed by atoms with van der Waals surface area (Å²) in [6.07, 6.45) is -19.1. The quantitative estimate of drug-likeness (QED) is 0.324. The molecule has 0 saturated heterocycles. The van der Waals surface area contributed by atoms with Gasteiger partial charge in [-0.25, -0.2) is 14.0 Å². The number of nitrogens with zero attached hydrogens (tertiary/aromatic N) is 2. The number of benzene rings is 2. The molecule has 0 bridgehead atoms. The Morgan fingerprint density at radius 3 is 1.93 bits per heavy atom. The molecule has 1 aliphatic heterocycles. The molecule has 42 heavy (non-hydrogen) atoms. The van der Waals surface area contributed by atoms with Gasteiger partial charge in [0.2, 0.25) is 0 Å². The van der Waals surface area contributed by atoms with Gasteiger partial charge in [0.15, 0.2) is 0 Å². The topological polar surface area (TPSA) is 59.1 Å². The van der Waals surface area contributed by atoms with Crippen molar-refractivity contribution in [2.75, 3.05) is 12.0 Å². The standard InChI is InChI=1S/C26H24F10N2O4/c1-12(2)42-23(40)38-13(3)5-20(17-9-19(27)18(10-21(17)38)26(34,35)36)37(22(39)41-4)11-14-6-15(24(28,29)30)8-16(7-14)25(31,32)33/h6-10,12-13,20H,5,11H2,1-4H3. The van der Waals surface area contributed by atoms with Gasteiger partial charge in [-0.05, 0) is 63.1 Å². The van der Waals surface area contributed by atoms with Crippen molar-refractivity contribution in [3.63, 3.8) is 0 Å². The summed E-state index contributed by atoms with van der Waals surface area (Å²) in [7, 11) is 0.857. The van der Waals surface area contributed by atoms with Crippen molar-refractivity contribution in [2.45, 2.75) is 70.5 Å². The highest BCUT2D eigenvalue weighted by atomic mass is 19.4. The van der Waals surface area contributed by atoms with Crippen LogP contribution in [0.4, 0.5) is 59.2 Å². The number of hydrogen-bond donors (Lipinski definition) is 0. The minimum Gasteiger partial charge on any atom is -0.453 e. The molecule has 0 spiro atoms. The first-order valence-corrected chi connectivity index (χ1v) is 12.2. The first kappa shape index (κ1) is 32.8. The zero-order chi connectivity index (χ0) is 31.9. The van der Waals surface area contributed by atoms with Gasteiger partial charge in [0.25, 0.3) is 0 Å². The summed E-state index contributed by atoms with van der Waals surface area (Å²) in [5.74, 6) is -1.79. The van der Waals surface area contributed by atoms with Gasteiger partial charge >= 0.3 is 30.7 Å². The third-order valence-electron chi connectivity index (χ3n) is 6.36. The molecule has 2 aromatic rings. The summed E-state index contributed by atoms with van der Waals surface area (Å²) in [5, 5.41) is 0. The average molecular weight is 618 g/mol. The molecule has 0 aliphatic carbocycles. The predicted molar refractivity (Wildman–Crippen MR) is 127 cm³/mol. The zero-order valence-corrected chi connectivity index (χ0v) is 22.3. The van der Waals surface area contributed by atoms with Crippen molar-refractivity contribution < 1.29 is 63.0 Å². The molecule has 2 amide bonds. The van der Waals surface area contributed by atoms with E-state index in [0.29, 0.717) is 29.2 Å². The molecular weight excluding hydrogens is 594 g/mol. The minimum atomic E-state index is -5.21. The van der Waals surface area contributed by atoms with Crippen molar-refractivity contribution in [2.24, 2.45) is 0 Å². The fourth-order valence-electron chi connectivity index (χ4n) is 4.62. The SMILES string of the molecule is COC(=O)N(Cc1cc(C(F)(F)F)cc(C(F)(F)F)c1)C1CC(C)N(C(=O)OC(C)C)c2cc(C(F)(F)F)c(F)cc21. The lowest BCUT2D eigenvalue weighted by molar-refractivity contribution is -0.143. The molecule has 0 aromatic heterocycles. The van der Waals surface area contributed by atoms with Crippen LogP contribution in [0, 0.1) is 5.82 Å². The van der Waals surface area contributed by atoms with E-state index in [0.717, 1.165) is 12.0 Å². The molecule has 0 N–H and O–H groups in total. The summed E-state index contributed by atoms with van der Waals surface area (Å²) in [5.41, 5.74) is -6.64. The van der Waals surface area contributed by atoms with E-state index in [1.165, 1.54) is 20.8 Å². The van der Waals surface area contributed by atoms with Gasteiger partial charge in [-0.1, -0.05) is 0 Å². The molecular formula is C26H24F10N2O4. The van der Waals surface area contributed by atoms with Crippen molar-refractivity contribution in [1.82, 2.24) is 4.90 Å². The lowest BCUT2D eigenvalue weighted by Gasteiger charge is -2.43. The van der Waals surface area contributed by atoms with Crippen molar-refractivity contribution in [1.29, 1.82) is 0 Å². The molecule has 16 heteroatoms. The fraction of sp³-hybridized carbons (Fsp3) is 0.462. The third-order valence-corrected chi connectivity index (χ3v) is 6.36. The number of amides is 2. The van der Waals surface area contributed by atoms with Crippen LogP contribution in [0.15, 0.2) is 30.3 Å². The van der Waals surface area contributed by atoms with Crippen LogP contribution in [0.1, 0.15) is 61.1 Å². The van der Waals surface area contributed by atoms with E-state index in [2.05, 4.69) is 4.74 Å². The number of fused-ring (bicyclic) bond motifs is 1. The number of halogens is 10. The first-order chi connectivity index (χ1) is 19.1. The van der Waals surface area contributed by atoms with Crippen molar-refractivity contribution in [3.8, 4) is 0 Å². The van der Waals surface area contributed by atoms with E-state index < -0.39 is 89.2 Å². The van der Waals surface area contributed by atoms with E-state index in [1.54, 1.807) is 0 Å². The molecule has 232 valence electrons. The van der Waals surface area contributed by atoms with E-state index in [4.69, 9.17) is 4.74 Å². The molecule has 1 aliphatic rings. The molecule has 2 atom stereocenters. The zero-order valence-electron chi connectivity index (χ0n) is 22.3. The van der Waals surface area contributed by atoms with Gasteiger partial charge < -0.3 is 9.47 Å². The van der Waals surface area contributed by atoms with Gasteiger partial charge in [0.1, 0.15) is 5.82 Å². The van der Waals surface area contributed by atoms with Gasteiger partial charge in [-0.3, -0.25) is 9.80 Å². The maximum absolute atomic E-state index is 14.8. The van der Waals surface area contributed by atoms with E-state index >= 15 is 0 Å². The van der Waals surface area contributed by atoms with E-state index in [9.17, 15) is 53.5 Å². The van der Waals surface area contributed by atoms with Crippen LogP contribution in [-0.2, 0) is 34.5 Å². The fourth-order valence-corrected chi connectivity index (χ4v) is 4.62. The van der Waals surface area contributed by atoms with Crippen LogP contribution in [0.3, 0.4) is 0 Å². The summed E-state index contributed by atoms with van der Waals surface area (Å²) in [6, 6.07) is -1.12. The number of anilines is 1.